The van der Waals surface area contributed by atoms with Crippen molar-refractivity contribution in [1.82, 2.24) is 10.3 Å². The third-order valence-corrected chi connectivity index (χ3v) is 3.98. The van der Waals surface area contributed by atoms with Crippen LogP contribution in [0.2, 0.25) is 5.02 Å². The molecule has 96 valence electrons. The summed E-state index contributed by atoms with van der Waals surface area (Å²) in [6.45, 7) is 6.28. The maximum Gasteiger partial charge on any atom is 0.114 e. The zero-order valence-electron chi connectivity index (χ0n) is 10.8. The zero-order chi connectivity index (χ0) is 13.1. The molecule has 0 amide bonds. The van der Waals surface area contributed by atoms with E-state index in [0.717, 1.165) is 21.2 Å². The van der Waals surface area contributed by atoms with Crippen LogP contribution in [0.25, 0.3) is 0 Å². The molecule has 1 aromatic carbocycles. The lowest BCUT2D eigenvalue weighted by atomic mass is 10.0. The van der Waals surface area contributed by atoms with Crippen molar-refractivity contribution < 1.29 is 0 Å². The molecule has 0 aliphatic heterocycles. The summed E-state index contributed by atoms with van der Waals surface area (Å²) in [4.78, 5) is 4.41. The second kappa shape index (κ2) is 5.83. The third-order valence-electron chi connectivity index (χ3n) is 2.73. The van der Waals surface area contributed by atoms with E-state index in [1.54, 1.807) is 11.3 Å². The molecule has 0 bridgehead atoms. The Hall–Kier alpha value is -0.900. The molecular formula is C14H17ClN2S. The number of halogens is 1. The van der Waals surface area contributed by atoms with E-state index in [1.807, 2.05) is 24.6 Å². The summed E-state index contributed by atoms with van der Waals surface area (Å²) >= 11 is 7.87. The molecule has 2 rings (SSSR count). The molecule has 2 nitrogen and oxygen atoms in total. The second-order valence-electron chi connectivity index (χ2n) is 4.63. The monoisotopic (exact) mass is 280 g/mol. The van der Waals surface area contributed by atoms with E-state index in [2.05, 4.69) is 36.3 Å². The minimum atomic E-state index is 0.114. The number of aromatic nitrogens is 1. The second-order valence-corrected chi connectivity index (χ2v) is 5.97. The van der Waals surface area contributed by atoms with Crippen LogP contribution >= 0.6 is 22.9 Å². The summed E-state index contributed by atoms with van der Waals surface area (Å²) in [6.07, 6.45) is 1.84. The lowest BCUT2D eigenvalue weighted by Crippen LogP contribution is -2.28. The predicted octanol–water partition coefficient (Wildman–Crippen LogP) is 4.19. The summed E-state index contributed by atoms with van der Waals surface area (Å²) in [5.74, 6) is 0. The highest BCUT2D eigenvalue weighted by Gasteiger charge is 2.18. The van der Waals surface area contributed by atoms with Crippen LogP contribution < -0.4 is 5.32 Å². The van der Waals surface area contributed by atoms with E-state index in [4.69, 9.17) is 11.6 Å². The Morgan fingerprint density at radius 3 is 2.67 bits per heavy atom. The SMILES string of the molecule is Cc1ccc(C(NC(C)C)c2nccs2)cc1Cl. The Bertz CT molecular complexity index is 509. The van der Waals surface area contributed by atoms with Gasteiger partial charge >= 0.3 is 0 Å². The third kappa shape index (κ3) is 3.10. The molecule has 0 aliphatic carbocycles. The summed E-state index contributed by atoms with van der Waals surface area (Å²) in [6, 6.07) is 6.70. The van der Waals surface area contributed by atoms with Crippen molar-refractivity contribution >= 4 is 22.9 Å². The van der Waals surface area contributed by atoms with Gasteiger partial charge in [0.15, 0.2) is 0 Å². The molecule has 0 saturated carbocycles. The fraction of sp³-hybridized carbons (Fsp3) is 0.357. The first-order chi connectivity index (χ1) is 8.58. The van der Waals surface area contributed by atoms with E-state index < -0.39 is 0 Å². The Kier molecular flexibility index (Phi) is 4.38. The Labute approximate surface area is 117 Å². The lowest BCUT2D eigenvalue weighted by Gasteiger charge is -2.20. The highest BCUT2D eigenvalue weighted by Crippen LogP contribution is 2.27. The van der Waals surface area contributed by atoms with Gasteiger partial charge in [-0.25, -0.2) is 4.98 Å². The van der Waals surface area contributed by atoms with Crippen LogP contribution in [0.15, 0.2) is 29.8 Å². The van der Waals surface area contributed by atoms with E-state index in [0.29, 0.717) is 6.04 Å². The molecule has 4 heteroatoms. The molecule has 0 spiro atoms. The van der Waals surface area contributed by atoms with Crippen LogP contribution in [0.5, 0.6) is 0 Å². The molecular weight excluding hydrogens is 264 g/mol. The van der Waals surface area contributed by atoms with Crippen molar-refractivity contribution in [2.45, 2.75) is 32.9 Å². The molecule has 0 fully saturated rings. The van der Waals surface area contributed by atoms with E-state index in [-0.39, 0.29) is 6.04 Å². The van der Waals surface area contributed by atoms with E-state index in [9.17, 15) is 0 Å². The fourth-order valence-electron chi connectivity index (χ4n) is 1.81. The smallest absolute Gasteiger partial charge is 0.114 e. The van der Waals surface area contributed by atoms with Crippen molar-refractivity contribution in [3.8, 4) is 0 Å². The maximum atomic E-state index is 6.21. The molecule has 0 saturated heterocycles. The molecule has 0 radical (unpaired) electrons. The van der Waals surface area contributed by atoms with Crippen LogP contribution in [0.4, 0.5) is 0 Å². The van der Waals surface area contributed by atoms with Crippen LogP contribution in [-0.2, 0) is 0 Å². The number of nitrogens with zero attached hydrogens (tertiary/aromatic N) is 1. The molecule has 2 aromatic rings. The number of benzene rings is 1. The quantitative estimate of drug-likeness (QED) is 0.908. The molecule has 1 unspecified atom stereocenters. The molecule has 1 aromatic heterocycles. The van der Waals surface area contributed by atoms with Crippen molar-refractivity contribution in [1.29, 1.82) is 0 Å². The van der Waals surface area contributed by atoms with Crippen molar-refractivity contribution in [2.75, 3.05) is 0 Å². The van der Waals surface area contributed by atoms with Gasteiger partial charge in [-0.05, 0) is 38.0 Å². The fourth-order valence-corrected chi connectivity index (χ4v) is 2.72. The highest BCUT2D eigenvalue weighted by atomic mass is 35.5. The predicted molar refractivity (Wildman–Crippen MR) is 78.4 cm³/mol. The molecule has 1 heterocycles. The number of hydrogen-bond donors (Lipinski definition) is 1. The minimum absolute atomic E-state index is 0.114. The number of hydrogen-bond acceptors (Lipinski definition) is 3. The lowest BCUT2D eigenvalue weighted by molar-refractivity contribution is 0.527. The Morgan fingerprint density at radius 1 is 1.33 bits per heavy atom. The zero-order valence-corrected chi connectivity index (χ0v) is 12.3. The van der Waals surface area contributed by atoms with Crippen LogP contribution in [0, 0.1) is 6.92 Å². The van der Waals surface area contributed by atoms with Gasteiger partial charge in [-0.2, -0.15) is 0 Å². The first-order valence-electron chi connectivity index (χ1n) is 5.99. The molecule has 1 atom stereocenters. The summed E-state index contributed by atoms with van der Waals surface area (Å²) in [7, 11) is 0. The van der Waals surface area contributed by atoms with Crippen molar-refractivity contribution in [3.63, 3.8) is 0 Å². The number of thiazole rings is 1. The largest absolute Gasteiger partial charge is 0.302 e. The molecule has 18 heavy (non-hydrogen) atoms. The standard InChI is InChI=1S/C14H17ClN2S/c1-9(2)17-13(14-16-6-7-18-14)11-5-4-10(3)12(15)8-11/h4-9,13,17H,1-3H3. The Balaban J connectivity index is 2.36. The van der Waals surface area contributed by atoms with Crippen LogP contribution in [-0.4, -0.2) is 11.0 Å². The first-order valence-corrected chi connectivity index (χ1v) is 7.25. The average Bonchev–Trinajstić information content (AvgIpc) is 2.83. The first kappa shape index (κ1) is 13.5. The summed E-state index contributed by atoms with van der Waals surface area (Å²) in [5.41, 5.74) is 2.26. The van der Waals surface area contributed by atoms with Gasteiger partial charge in [-0.1, -0.05) is 23.7 Å². The number of rotatable bonds is 4. The topological polar surface area (TPSA) is 24.9 Å². The number of aryl methyl sites for hydroxylation is 1. The minimum Gasteiger partial charge on any atom is -0.302 e. The summed E-state index contributed by atoms with van der Waals surface area (Å²) < 4.78 is 0. The van der Waals surface area contributed by atoms with Gasteiger partial charge in [-0.15, -0.1) is 11.3 Å². The average molecular weight is 281 g/mol. The van der Waals surface area contributed by atoms with Gasteiger partial charge in [-0.3, -0.25) is 0 Å². The van der Waals surface area contributed by atoms with Gasteiger partial charge in [0.05, 0.1) is 6.04 Å². The highest BCUT2D eigenvalue weighted by molar-refractivity contribution is 7.09. The van der Waals surface area contributed by atoms with Crippen LogP contribution in [0.3, 0.4) is 0 Å². The Morgan fingerprint density at radius 2 is 2.11 bits per heavy atom. The van der Waals surface area contributed by atoms with E-state index in [1.165, 1.54) is 0 Å². The normalized spacial score (nSPS) is 12.9. The van der Waals surface area contributed by atoms with Gasteiger partial charge < -0.3 is 5.32 Å². The van der Waals surface area contributed by atoms with Crippen molar-refractivity contribution in [3.05, 3.63) is 50.9 Å². The molecule has 1 N–H and O–H groups in total. The number of nitrogens with one attached hydrogen (secondary N) is 1. The molecule has 0 aliphatic rings. The van der Waals surface area contributed by atoms with Gasteiger partial charge in [0.25, 0.3) is 0 Å². The van der Waals surface area contributed by atoms with E-state index >= 15 is 0 Å². The van der Waals surface area contributed by atoms with Gasteiger partial charge in [0.1, 0.15) is 5.01 Å². The van der Waals surface area contributed by atoms with Crippen molar-refractivity contribution in [2.24, 2.45) is 0 Å². The van der Waals surface area contributed by atoms with Gasteiger partial charge in [0.2, 0.25) is 0 Å². The summed E-state index contributed by atoms with van der Waals surface area (Å²) in [5, 5.41) is 7.41. The van der Waals surface area contributed by atoms with Crippen LogP contribution in [0.1, 0.15) is 36.0 Å². The van der Waals surface area contributed by atoms with Gasteiger partial charge in [0, 0.05) is 22.6 Å². The maximum absolute atomic E-state index is 6.21.